The molecule has 8 heteroatoms. The van der Waals surface area contributed by atoms with E-state index in [2.05, 4.69) is 5.32 Å². The number of carboxylic acid groups (broad SMARTS) is 1. The number of rotatable bonds is 9. The van der Waals surface area contributed by atoms with Crippen molar-refractivity contribution in [3.63, 3.8) is 0 Å². The average molecular weight is 375 g/mol. The van der Waals surface area contributed by atoms with Gasteiger partial charge in [0.25, 0.3) is 6.29 Å². The summed E-state index contributed by atoms with van der Waals surface area (Å²) in [5.74, 6) is -1.95. The van der Waals surface area contributed by atoms with Crippen LogP contribution in [-0.4, -0.2) is 46.5 Å². The fourth-order valence-electron chi connectivity index (χ4n) is 2.32. The van der Waals surface area contributed by atoms with Crippen LogP contribution < -0.4 is 5.32 Å². The van der Waals surface area contributed by atoms with Crippen molar-refractivity contribution in [3.05, 3.63) is 0 Å². The second-order valence-electron chi connectivity index (χ2n) is 6.86. The van der Waals surface area contributed by atoms with Crippen LogP contribution in [0.25, 0.3) is 0 Å². The third-order valence-electron chi connectivity index (χ3n) is 3.84. The molecule has 1 rings (SSSR count). The van der Waals surface area contributed by atoms with Crippen molar-refractivity contribution in [2.75, 3.05) is 6.54 Å². The lowest BCUT2D eigenvalue weighted by Gasteiger charge is -2.23. The van der Waals surface area contributed by atoms with Gasteiger partial charge in [0.1, 0.15) is 5.25 Å². The highest BCUT2D eigenvalue weighted by Crippen LogP contribution is 2.32. The lowest BCUT2D eigenvalue weighted by molar-refractivity contribution is -0.178. The highest BCUT2D eigenvalue weighted by molar-refractivity contribution is 8.01. The van der Waals surface area contributed by atoms with Crippen molar-refractivity contribution >= 4 is 29.8 Å². The molecule has 25 heavy (non-hydrogen) atoms. The molecule has 2 atom stereocenters. The first kappa shape index (κ1) is 21.6. The molecule has 1 saturated carbocycles. The van der Waals surface area contributed by atoms with Crippen LogP contribution in [0.5, 0.6) is 0 Å². The fourth-order valence-corrected chi connectivity index (χ4v) is 3.69. The minimum Gasteiger partial charge on any atom is -0.480 e. The Morgan fingerprint density at radius 1 is 1.12 bits per heavy atom. The van der Waals surface area contributed by atoms with Crippen molar-refractivity contribution in [1.29, 1.82) is 0 Å². The van der Waals surface area contributed by atoms with Crippen LogP contribution in [0.1, 0.15) is 53.4 Å². The summed E-state index contributed by atoms with van der Waals surface area (Å²) in [5, 5.41) is 11.4. The van der Waals surface area contributed by atoms with Crippen LogP contribution in [-0.2, 0) is 19.1 Å². The quantitative estimate of drug-likeness (QED) is 0.472. The number of carbonyl (C=O) groups is 3. The molecule has 2 N–H and O–H groups in total. The number of carboxylic acids is 1. The van der Waals surface area contributed by atoms with Gasteiger partial charge in [0.15, 0.2) is 0 Å². The summed E-state index contributed by atoms with van der Waals surface area (Å²) in [6.45, 7) is 6.89. The maximum absolute atomic E-state index is 11.9. The number of amides is 1. The predicted molar refractivity (Wildman–Crippen MR) is 95.3 cm³/mol. The molecule has 7 nitrogen and oxygen atoms in total. The van der Waals surface area contributed by atoms with Gasteiger partial charge in [-0.05, 0) is 12.8 Å². The summed E-state index contributed by atoms with van der Waals surface area (Å²) in [7, 11) is 0. The SMILES string of the molecule is CC(C)C(=O)O[C@H](OC(=O)NC[C@H](SC1CCCC1)C(=O)O)C(C)C. The molecule has 0 saturated heterocycles. The van der Waals surface area contributed by atoms with Crippen LogP contribution in [0.2, 0.25) is 0 Å². The molecular weight excluding hydrogens is 346 g/mol. The van der Waals surface area contributed by atoms with E-state index in [1.807, 2.05) is 0 Å². The molecule has 0 aromatic carbocycles. The van der Waals surface area contributed by atoms with Crippen molar-refractivity contribution in [2.45, 2.75) is 70.2 Å². The number of carbonyl (C=O) groups excluding carboxylic acids is 2. The molecule has 1 amide bonds. The van der Waals surface area contributed by atoms with E-state index in [0.717, 1.165) is 25.7 Å². The standard InChI is InChI=1S/C17H29NO6S/c1-10(2)15(21)23-16(11(3)4)24-17(22)18-9-13(14(19)20)25-12-7-5-6-8-12/h10-13,16H,5-9H2,1-4H3,(H,18,22)(H,19,20)/t13-,16+/m0/s1. The van der Waals surface area contributed by atoms with Gasteiger partial charge >= 0.3 is 18.0 Å². The molecule has 1 aliphatic rings. The topological polar surface area (TPSA) is 102 Å². The molecule has 0 aromatic heterocycles. The first-order valence-corrected chi connectivity index (χ1v) is 9.68. The number of hydrogen-bond acceptors (Lipinski definition) is 6. The maximum atomic E-state index is 11.9. The Morgan fingerprint density at radius 2 is 1.72 bits per heavy atom. The highest BCUT2D eigenvalue weighted by Gasteiger charge is 2.28. The summed E-state index contributed by atoms with van der Waals surface area (Å²) in [4.78, 5) is 35.0. The van der Waals surface area contributed by atoms with Crippen LogP contribution in [0.3, 0.4) is 0 Å². The van der Waals surface area contributed by atoms with Gasteiger partial charge in [-0.2, -0.15) is 0 Å². The summed E-state index contributed by atoms with van der Waals surface area (Å²) in [6, 6.07) is 0. The number of thioether (sulfide) groups is 1. The van der Waals surface area contributed by atoms with Crippen molar-refractivity contribution in [3.8, 4) is 0 Å². The Bertz CT molecular complexity index is 462. The number of ether oxygens (including phenoxy) is 2. The Labute approximate surface area is 153 Å². The lowest BCUT2D eigenvalue weighted by Crippen LogP contribution is -2.39. The first-order valence-electron chi connectivity index (χ1n) is 8.74. The molecular formula is C17H29NO6S. The molecule has 0 aromatic rings. The Kier molecular flexibility index (Phi) is 9.10. The monoisotopic (exact) mass is 375 g/mol. The Balaban J connectivity index is 2.48. The molecule has 0 heterocycles. The van der Waals surface area contributed by atoms with E-state index in [0.29, 0.717) is 5.25 Å². The first-order chi connectivity index (χ1) is 11.7. The van der Waals surface area contributed by atoms with Gasteiger partial charge in [-0.25, -0.2) is 4.79 Å². The normalized spacial score (nSPS) is 17.4. The summed E-state index contributed by atoms with van der Waals surface area (Å²) in [5.41, 5.74) is 0. The zero-order chi connectivity index (χ0) is 19.0. The largest absolute Gasteiger partial charge is 0.480 e. The smallest absolute Gasteiger partial charge is 0.410 e. The van der Waals surface area contributed by atoms with E-state index in [1.54, 1.807) is 27.7 Å². The maximum Gasteiger partial charge on any atom is 0.410 e. The van der Waals surface area contributed by atoms with Gasteiger partial charge in [-0.1, -0.05) is 40.5 Å². The van der Waals surface area contributed by atoms with Gasteiger partial charge in [-0.15, -0.1) is 11.8 Å². The van der Waals surface area contributed by atoms with Crippen molar-refractivity contribution in [2.24, 2.45) is 11.8 Å². The van der Waals surface area contributed by atoms with Crippen molar-refractivity contribution < 1.29 is 29.0 Å². The summed E-state index contributed by atoms with van der Waals surface area (Å²) >= 11 is 1.39. The third-order valence-corrected chi connectivity index (χ3v) is 5.39. The Morgan fingerprint density at radius 3 is 2.20 bits per heavy atom. The number of aliphatic carboxylic acids is 1. The van der Waals surface area contributed by atoms with E-state index in [4.69, 9.17) is 9.47 Å². The molecule has 1 aliphatic carbocycles. The zero-order valence-electron chi connectivity index (χ0n) is 15.3. The van der Waals surface area contributed by atoms with E-state index < -0.39 is 29.6 Å². The minimum absolute atomic E-state index is 0.0295. The molecule has 144 valence electrons. The van der Waals surface area contributed by atoms with Gasteiger partial charge < -0.3 is 19.9 Å². The second-order valence-corrected chi connectivity index (χ2v) is 8.37. The molecule has 0 spiro atoms. The number of esters is 1. The molecule has 0 unspecified atom stereocenters. The second kappa shape index (κ2) is 10.5. The van der Waals surface area contributed by atoms with E-state index >= 15 is 0 Å². The number of alkyl carbamates (subject to hydrolysis) is 1. The number of hydrogen-bond donors (Lipinski definition) is 2. The van der Waals surface area contributed by atoms with E-state index in [1.165, 1.54) is 11.8 Å². The van der Waals surface area contributed by atoms with Crippen molar-refractivity contribution in [1.82, 2.24) is 5.32 Å². The van der Waals surface area contributed by atoms with Gasteiger partial charge in [-0.3, -0.25) is 9.59 Å². The zero-order valence-corrected chi connectivity index (χ0v) is 16.1. The van der Waals surface area contributed by atoms with Gasteiger partial charge in [0.2, 0.25) is 0 Å². The van der Waals surface area contributed by atoms with Gasteiger partial charge in [0, 0.05) is 17.7 Å². The highest BCUT2D eigenvalue weighted by atomic mass is 32.2. The lowest BCUT2D eigenvalue weighted by atomic mass is 10.2. The predicted octanol–water partition coefficient (Wildman–Crippen LogP) is 3.02. The average Bonchev–Trinajstić information content (AvgIpc) is 3.03. The van der Waals surface area contributed by atoms with Crippen LogP contribution >= 0.6 is 11.8 Å². The molecule has 0 bridgehead atoms. The summed E-state index contributed by atoms with van der Waals surface area (Å²) < 4.78 is 10.3. The van der Waals surface area contributed by atoms with Crippen LogP contribution in [0.15, 0.2) is 0 Å². The molecule has 0 radical (unpaired) electrons. The summed E-state index contributed by atoms with van der Waals surface area (Å²) in [6.07, 6.45) is 2.49. The van der Waals surface area contributed by atoms with Crippen LogP contribution in [0.4, 0.5) is 4.79 Å². The molecule has 1 fully saturated rings. The van der Waals surface area contributed by atoms with E-state index in [9.17, 15) is 19.5 Å². The van der Waals surface area contributed by atoms with Crippen LogP contribution in [0, 0.1) is 11.8 Å². The fraction of sp³-hybridized carbons (Fsp3) is 0.824. The van der Waals surface area contributed by atoms with Gasteiger partial charge in [0.05, 0.1) is 5.92 Å². The Hall–Kier alpha value is -1.44. The van der Waals surface area contributed by atoms with E-state index in [-0.39, 0.29) is 18.4 Å². The minimum atomic E-state index is -0.999. The number of nitrogens with one attached hydrogen (secondary N) is 1. The third kappa shape index (κ3) is 7.98. The molecule has 0 aliphatic heterocycles.